The SMILES string of the molecule is CN(C(=O)c1csnn1)c1cccc(C(N)=S)c1. The van der Waals surface area contributed by atoms with Crippen LogP contribution in [0.1, 0.15) is 16.1 Å². The summed E-state index contributed by atoms with van der Waals surface area (Å²) in [4.78, 5) is 13.8. The molecule has 0 fully saturated rings. The number of rotatable bonds is 3. The van der Waals surface area contributed by atoms with Crippen molar-refractivity contribution in [3.05, 3.63) is 40.9 Å². The van der Waals surface area contributed by atoms with E-state index in [0.717, 1.165) is 17.1 Å². The summed E-state index contributed by atoms with van der Waals surface area (Å²) in [5.41, 5.74) is 7.31. The van der Waals surface area contributed by atoms with Gasteiger partial charge in [0.15, 0.2) is 5.69 Å². The molecule has 18 heavy (non-hydrogen) atoms. The predicted molar refractivity (Wildman–Crippen MR) is 75.0 cm³/mol. The molecular weight excluding hydrogens is 268 g/mol. The Kier molecular flexibility index (Phi) is 3.63. The van der Waals surface area contributed by atoms with Gasteiger partial charge in [0.05, 0.1) is 0 Å². The van der Waals surface area contributed by atoms with Crippen LogP contribution in [-0.2, 0) is 0 Å². The van der Waals surface area contributed by atoms with E-state index in [1.165, 1.54) is 4.90 Å². The molecule has 2 rings (SSSR count). The monoisotopic (exact) mass is 278 g/mol. The zero-order chi connectivity index (χ0) is 13.1. The second-order valence-electron chi connectivity index (χ2n) is 3.57. The van der Waals surface area contributed by atoms with Gasteiger partial charge in [0.1, 0.15) is 4.99 Å². The van der Waals surface area contributed by atoms with Crippen molar-refractivity contribution >= 4 is 40.3 Å². The van der Waals surface area contributed by atoms with Crippen LogP contribution >= 0.6 is 23.8 Å². The van der Waals surface area contributed by atoms with Crippen molar-refractivity contribution < 1.29 is 4.79 Å². The highest BCUT2D eigenvalue weighted by molar-refractivity contribution is 7.80. The van der Waals surface area contributed by atoms with Crippen molar-refractivity contribution in [1.82, 2.24) is 9.59 Å². The minimum Gasteiger partial charge on any atom is -0.389 e. The van der Waals surface area contributed by atoms with E-state index in [1.54, 1.807) is 36.7 Å². The van der Waals surface area contributed by atoms with Gasteiger partial charge in [-0.05, 0) is 23.7 Å². The molecule has 7 heteroatoms. The minimum absolute atomic E-state index is 0.219. The van der Waals surface area contributed by atoms with Crippen LogP contribution in [0.15, 0.2) is 29.6 Å². The second kappa shape index (κ2) is 5.19. The van der Waals surface area contributed by atoms with Gasteiger partial charge < -0.3 is 10.6 Å². The summed E-state index contributed by atoms with van der Waals surface area (Å²) < 4.78 is 3.67. The van der Waals surface area contributed by atoms with Crippen LogP contribution in [0, 0.1) is 0 Å². The Hall–Kier alpha value is -1.86. The standard InChI is InChI=1S/C11H10N4OS2/c1-15(11(16)9-6-18-14-13-9)8-4-2-3-7(5-8)10(12)17/h2-6H,1H3,(H2,12,17). The Morgan fingerprint density at radius 1 is 1.50 bits per heavy atom. The molecule has 0 bridgehead atoms. The molecule has 0 saturated carbocycles. The Labute approximate surface area is 113 Å². The number of hydrogen-bond acceptors (Lipinski definition) is 5. The minimum atomic E-state index is -0.219. The topological polar surface area (TPSA) is 72.1 Å². The summed E-state index contributed by atoms with van der Waals surface area (Å²) in [6.45, 7) is 0. The van der Waals surface area contributed by atoms with Crippen molar-refractivity contribution in [3.8, 4) is 0 Å². The number of anilines is 1. The number of carbonyl (C=O) groups excluding carboxylic acids is 1. The summed E-state index contributed by atoms with van der Waals surface area (Å²) in [6.07, 6.45) is 0. The highest BCUT2D eigenvalue weighted by Gasteiger charge is 2.16. The van der Waals surface area contributed by atoms with E-state index in [4.69, 9.17) is 18.0 Å². The van der Waals surface area contributed by atoms with Gasteiger partial charge in [-0.25, -0.2) is 0 Å². The van der Waals surface area contributed by atoms with E-state index in [9.17, 15) is 4.79 Å². The zero-order valence-electron chi connectivity index (χ0n) is 9.53. The average molecular weight is 278 g/mol. The van der Waals surface area contributed by atoms with Crippen molar-refractivity contribution in [2.75, 3.05) is 11.9 Å². The van der Waals surface area contributed by atoms with Gasteiger partial charge in [0.25, 0.3) is 5.91 Å². The average Bonchev–Trinajstić information content (AvgIpc) is 2.91. The summed E-state index contributed by atoms with van der Waals surface area (Å²) in [6, 6.07) is 7.17. The van der Waals surface area contributed by atoms with Crippen molar-refractivity contribution in [2.24, 2.45) is 5.73 Å². The first kappa shape index (κ1) is 12.6. The number of aromatic nitrogens is 2. The number of carbonyl (C=O) groups is 1. The molecule has 0 spiro atoms. The van der Waals surface area contributed by atoms with Crippen LogP contribution in [0.5, 0.6) is 0 Å². The molecular formula is C11H10N4OS2. The number of nitrogens with zero attached hydrogens (tertiary/aromatic N) is 3. The molecule has 1 amide bonds. The molecule has 1 aromatic carbocycles. The first-order chi connectivity index (χ1) is 8.59. The highest BCUT2D eigenvalue weighted by Crippen LogP contribution is 2.17. The molecule has 0 unspecified atom stereocenters. The lowest BCUT2D eigenvalue weighted by Gasteiger charge is -2.16. The van der Waals surface area contributed by atoms with Gasteiger partial charge in [-0.2, -0.15) is 0 Å². The maximum absolute atomic E-state index is 12.1. The number of amides is 1. The fourth-order valence-corrected chi connectivity index (χ4v) is 1.97. The lowest BCUT2D eigenvalue weighted by Crippen LogP contribution is -2.26. The van der Waals surface area contributed by atoms with E-state index in [-0.39, 0.29) is 5.91 Å². The quantitative estimate of drug-likeness (QED) is 0.860. The molecule has 0 aliphatic carbocycles. The largest absolute Gasteiger partial charge is 0.389 e. The molecule has 1 aromatic heterocycles. The van der Waals surface area contributed by atoms with E-state index >= 15 is 0 Å². The third kappa shape index (κ3) is 2.52. The van der Waals surface area contributed by atoms with Gasteiger partial charge in [0.2, 0.25) is 0 Å². The molecule has 2 N–H and O–H groups in total. The highest BCUT2D eigenvalue weighted by atomic mass is 32.1. The van der Waals surface area contributed by atoms with Gasteiger partial charge in [0, 0.05) is 23.7 Å². The van der Waals surface area contributed by atoms with Gasteiger partial charge in [-0.3, -0.25) is 4.79 Å². The number of nitrogens with two attached hydrogens (primary N) is 1. The molecule has 0 aliphatic heterocycles. The smallest absolute Gasteiger partial charge is 0.279 e. The van der Waals surface area contributed by atoms with E-state index in [0.29, 0.717) is 16.4 Å². The number of benzene rings is 1. The first-order valence-corrected chi connectivity index (χ1v) is 6.29. The first-order valence-electron chi connectivity index (χ1n) is 5.04. The maximum Gasteiger partial charge on any atom is 0.279 e. The lowest BCUT2D eigenvalue weighted by molar-refractivity contribution is 0.0988. The fourth-order valence-electron chi connectivity index (χ4n) is 1.41. The Morgan fingerprint density at radius 3 is 2.89 bits per heavy atom. The molecule has 0 aliphatic rings. The maximum atomic E-state index is 12.1. The normalized spacial score (nSPS) is 10.1. The molecule has 92 valence electrons. The van der Waals surface area contributed by atoms with Gasteiger partial charge >= 0.3 is 0 Å². The van der Waals surface area contributed by atoms with Crippen molar-refractivity contribution in [2.45, 2.75) is 0 Å². The van der Waals surface area contributed by atoms with Crippen LogP contribution in [0.25, 0.3) is 0 Å². The van der Waals surface area contributed by atoms with E-state index < -0.39 is 0 Å². The number of thiocarbonyl (C=S) groups is 1. The molecule has 2 aromatic rings. The van der Waals surface area contributed by atoms with Crippen LogP contribution < -0.4 is 10.6 Å². The Morgan fingerprint density at radius 2 is 2.28 bits per heavy atom. The van der Waals surface area contributed by atoms with Crippen molar-refractivity contribution in [3.63, 3.8) is 0 Å². The van der Waals surface area contributed by atoms with E-state index in [1.807, 2.05) is 0 Å². The summed E-state index contributed by atoms with van der Waals surface area (Å²) >= 11 is 6.05. The van der Waals surface area contributed by atoms with Crippen molar-refractivity contribution in [1.29, 1.82) is 0 Å². The number of hydrogen-bond donors (Lipinski definition) is 1. The molecule has 5 nitrogen and oxygen atoms in total. The van der Waals surface area contributed by atoms with E-state index in [2.05, 4.69) is 9.59 Å². The van der Waals surface area contributed by atoms with Crippen LogP contribution in [0.4, 0.5) is 5.69 Å². The second-order valence-corrected chi connectivity index (χ2v) is 4.62. The molecule has 0 radical (unpaired) electrons. The third-order valence-electron chi connectivity index (χ3n) is 2.40. The molecule has 1 heterocycles. The summed E-state index contributed by atoms with van der Waals surface area (Å²) in [5, 5.41) is 5.35. The van der Waals surface area contributed by atoms with Crippen LogP contribution in [0.2, 0.25) is 0 Å². The molecule has 0 atom stereocenters. The zero-order valence-corrected chi connectivity index (χ0v) is 11.2. The van der Waals surface area contributed by atoms with Gasteiger partial charge in [-0.1, -0.05) is 28.8 Å². The lowest BCUT2D eigenvalue weighted by atomic mass is 10.2. The van der Waals surface area contributed by atoms with Gasteiger partial charge in [-0.15, -0.1) is 5.10 Å². The summed E-state index contributed by atoms with van der Waals surface area (Å²) in [5.74, 6) is -0.219. The fraction of sp³-hybridized carbons (Fsp3) is 0.0909. The summed E-state index contributed by atoms with van der Waals surface area (Å²) in [7, 11) is 1.67. The Bertz CT molecular complexity index is 582. The third-order valence-corrected chi connectivity index (χ3v) is 3.14. The van der Waals surface area contributed by atoms with Crippen LogP contribution in [-0.4, -0.2) is 27.5 Å². The Balaban J connectivity index is 2.29. The predicted octanol–water partition coefficient (Wildman–Crippen LogP) is 1.45. The van der Waals surface area contributed by atoms with Crippen LogP contribution in [0.3, 0.4) is 0 Å². The molecule has 0 saturated heterocycles.